The number of hydrogen-bond donors (Lipinski definition) is 1. The molecule has 3 rings (SSSR count). The second-order valence-electron chi connectivity index (χ2n) is 4.94. The molecule has 0 saturated heterocycles. The number of nitrogens with one attached hydrogen (secondary N) is 1. The van der Waals surface area contributed by atoms with Crippen LogP contribution in [0.1, 0.15) is 35.6 Å². The second kappa shape index (κ2) is 5.10. The van der Waals surface area contributed by atoms with E-state index in [2.05, 4.69) is 41.5 Å². The molecule has 0 fully saturated rings. The zero-order valence-electron chi connectivity index (χ0n) is 10.9. The fourth-order valence-electron chi connectivity index (χ4n) is 2.92. The van der Waals surface area contributed by atoms with Crippen LogP contribution in [-0.4, -0.2) is 11.5 Å². The van der Waals surface area contributed by atoms with Crippen LogP contribution >= 0.6 is 0 Å². The minimum atomic E-state index is -0.224. The number of halogens is 1. The standard InChI is InChI=1S/C16H17FN2/c1-2-19-16(13-7-8-18-10-15(13)17)14-9-11-5-3-4-6-12(11)14/h3-8,10,14,16,19H,2,9H2,1H3. The van der Waals surface area contributed by atoms with Crippen molar-refractivity contribution in [1.82, 2.24) is 10.3 Å². The first-order chi connectivity index (χ1) is 9.31. The second-order valence-corrected chi connectivity index (χ2v) is 4.94. The molecule has 2 nitrogen and oxygen atoms in total. The Bertz CT molecular complexity index is 582. The SMILES string of the molecule is CCNC(c1ccncc1F)C1Cc2ccccc21. The molecule has 0 aliphatic heterocycles. The van der Waals surface area contributed by atoms with Crippen LogP contribution in [0.2, 0.25) is 0 Å². The summed E-state index contributed by atoms with van der Waals surface area (Å²) < 4.78 is 14.0. The Morgan fingerprint density at radius 2 is 2.21 bits per heavy atom. The van der Waals surface area contributed by atoms with Crippen molar-refractivity contribution in [2.75, 3.05) is 6.54 Å². The Morgan fingerprint density at radius 3 is 2.95 bits per heavy atom. The topological polar surface area (TPSA) is 24.9 Å². The minimum absolute atomic E-state index is 0.0305. The van der Waals surface area contributed by atoms with Gasteiger partial charge in [0.15, 0.2) is 0 Å². The summed E-state index contributed by atoms with van der Waals surface area (Å²) in [5.74, 6) is 0.130. The largest absolute Gasteiger partial charge is 0.310 e. The number of likely N-dealkylation sites (N-methyl/N-ethyl adjacent to an activating group) is 1. The first kappa shape index (κ1) is 12.3. The van der Waals surface area contributed by atoms with E-state index >= 15 is 0 Å². The molecule has 0 bridgehead atoms. The van der Waals surface area contributed by atoms with Crippen LogP contribution in [0, 0.1) is 5.82 Å². The number of nitrogens with zero attached hydrogens (tertiary/aromatic N) is 1. The molecule has 0 amide bonds. The number of hydrogen-bond acceptors (Lipinski definition) is 2. The summed E-state index contributed by atoms with van der Waals surface area (Å²) in [5.41, 5.74) is 3.44. The maximum absolute atomic E-state index is 14.0. The molecule has 0 radical (unpaired) electrons. The van der Waals surface area contributed by atoms with Crippen molar-refractivity contribution in [3.05, 3.63) is 65.2 Å². The summed E-state index contributed by atoms with van der Waals surface area (Å²) in [6, 6.07) is 10.2. The van der Waals surface area contributed by atoms with Gasteiger partial charge in [0.25, 0.3) is 0 Å². The average Bonchev–Trinajstić information content (AvgIpc) is 2.40. The Kier molecular flexibility index (Phi) is 3.30. The van der Waals surface area contributed by atoms with Gasteiger partial charge in [-0.2, -0.15) is 0 Å². The van der Waals surface area contributed by atoms with Crippen LogP contribution in [0.15, 0.2) is 42.7 Å². The van der Waals surface area contributed by atoms with E-state index in [0.717, 1.165) is 18.5 Å². The molecule has 1 aliphatic carbocycles. The zero-order valence-corrected chi connectivity index (χ0v) is 10.9. The Hall–Kier alpha value is -1.74. The normalized spacial score (nSPS) is 18.5. The molecule has 1 heterocycles. The zero-order chi connectivity index (χ0) is 13.2. The van der Waals surface area contributed by atoms with Gasteiger partial charge >= 0.3 is 0 Å². The van der Waals surface area contributed by atoms with Gasteiger partial charge in [0.1, 0.15) is 5.82 Å². The van der Waals surface area contributed by atoms with Crippen molar-refractivity contribution < 1.29 is 4.39 Å². The lowest BCUT2D eigenvalue weighted by Gasteiger charge is -2.37. The summed E-state index contributed by atoms with van der Waals surface area (Å²) in [5, 5.41) is 3.41. The third-order valence-corrected chi connectivity index (χ3v) is 3.86. The van der Waals surface area contributed by atoms with E-state index in [9.17, 15) is 4.39 Å². The highest BCUT2D eigenvalue weighted by Gasteiger charge is 2.34. The van der Waals surface area contributed by atoms with Crippen LogP contribution in [0.5, 0.6) is 0 Å². The van der Waals surface area contributed by atoms with Crippen LogP contribution < -0.4 is 5.32 Å². The van der Waals surface area contributed by atoms with E-state index in [1.165, 1.54) is 17.3 Å². The van der Waals surface area contributed by atoms with E-state index in [4.69, 9.17) is 0 Å². The van der Waals surface area contributed by atoms with Gasteiger partial charge in [0, 0.05) is 23.7 Å². The van der Waals surface area contributed by atoms with E-state index in [0.29, 0.717) is 5.92 Å². The molecule has 0 saturated carbocycles. The van der Waals surface area contributed by atoms with Gasteiger partial charge in [-0.15, -0.1) is 0 Å². The number of pyridine rings is 1. The molecular formula is C16H17FN2. The summed E-state index contributed by atoms with van der Waals surface area (Å²) in [6.45, 7) is 2.88. The quantitative estimate of drug-likeness (QED) is 0.908. The summed E-state index contributed by atoms with van der Waals surface area (Å²) >= 11 is 0. The van der Waals surface area contributed by atoms with Crippen molar-refractivity contribution in [2.24, 2.45) is 0 Å². The Morgan fingerprint density at radius 1 is 1.37 bits per heavy atom. The number of rotatable bonds is 4. The molecule has 1 aliphatic rings. The van der Waals surface area contributed by atoms with Crippen LogP contribution in [0.3, 0.4) is 0 Å². The number of fused-ring (bicyclic) bond motifs is 1. The highest BCUT2D eigenvalue weighted by molar-refractivity contribution is 5.43. The van der Waals surface area contributed by atoms with Gasteiger partial charge < -0.3 is 5.32 Å². The Balaban J connectivity index is 1.94. The van der Waals surface area contributed by atoms with Gasteiger partial charge in [-0.25, -0.2) is 4.39 Å². The highest BCUT2D eigenvalue weighted by Crippen LogP contribution is 2.43. The third-order valence-electron chi connectivity index (χ3n) is 3.86. The molecule has 1 aromatic heterocycles. The van der Waals surface area contributed by atoms with Crippen molar-refractivity contribution in [3.63, 3.8) is 0 Å². The average molecular weight is 256 g/mol. The fraction of sp³-hybridized carbons (Fsp3) is 0.312. The van der Waals surface area contributed by atoms with Crippen LogP contribution in [0.4, 0.5) is 4.39 Å². The molecular weight excluding hydrogens is 239 g/mol. The summed E-state index contributed by atoms with van der Waals surface area (Å²) in [7, 11) is 0. The molecule has 1 N–H and O–H groups in total. The number of aromatic nitrogens is 1. The van der Waals surface area contributed by atoms with E-state index in [1.54, 1.807) is 12.3 Å². The lowest BCUT2D eigenvalue weighted by molar-refractivity contribution is 0.404. The van der Waals surface area contributed by atoms with Crippen molar-refractivity contribution >= 4 is 0 Å². The lowest BCUT2D eigenvalue weighted by Crippen LogP contribution is -2.33. The predicted molar refractivity (Wildman–Crippen MR) is 73.5 cm³/mol. The van der Waals surface area contributed by atoms with Crippen molar-refractivity contribution in [3.8, 4) is 0 Å². The summed E-state index contributed by atoms with van der Waals surface area (Å²) in [6.07, 6.45) is 3.97. The van der Waals surface area contributed by atoms with Gasteiger partial charge in [-0.1, -0.05) is 31.2 Å². The maximum Gasteiger partial charge on any atom is 0.146 e. The van der Waals surface area contributed by atoms with E-state index in [1.807, 2.05) is 0 Å². The highest BCUT2D eigenvalue weighted by atomic mass is 19.1. The predicted octanol–water partition coefficient (Wildman–Crippen LogP) is 3.21. The Labute approximate surface area is 112 Å². The van der Waals surface area contributed by atoms with Gasteiger partial charge in [-0.05, 0) is 30.2 Å². The molecule has 2 atom stereocenters. The first-order valence-corrected chi connectivity index (χ1v) is 6.72. The third kappa shape index (κ3) is 2.15. The van der Waals surface area contributed by atoms with Crippen LogP contribution in [0.25, 0.3) is 0 Å². The van der Waals surface area contributed by atoms with Gasteiger partial charge in [-0.3, -0.25) is 4.98 Å². The molecule has 2 unspecified atom stereocenters. The molecule has 98 valence electrons. The monoisotopic (exact) mass is 256 g/mol. The van der Waals surface area contributed by atoms with Crippen molar-refractivity contribution in [1.29, 1.82) is 0 Å². The van der Waals surface area contributed by atoms with E-state index in [-0.39, 0.29) is 11.9 Å². The van der Waals surface area contributed by atoms with Gasteiger partial charge in [0.05, 0.1) is 6.20 Å². The smallest absolute Gasteiger partial charge is 0.146 e. The van der Waals surface area contributed by atoms with Gasteiger partial charge in [0.2, 0.25) is 0 Å². The molecule has 0 spiro atoms. The first-order valence-electron chi connectivity index (χ1n) is 6.72. The van der Waals surface area contributed by atoms with Crippen LogP contribution in [-0.2, 0) is 6.42 Å². The molecule has 1 aromatic carbocycles. The van der Waals surface area contributed by atoms with Crippen molar-refractivity contribution in [2.45, 2.75) is 25.3 Å². The maximum atomic E-state index is 14.0. The minimum Gasteiger partial charge on any atom is -0.310 e. The fourth-order valence-corrected chi connectivity index (χ4v) is 2.92. The summed E-state index contributed by atoms with van der Waals surface area (Å²) in [4.78, 5) is 3.83. The molecule has 19 heavy (non-hydrogen) atoms. The lowest BCUT2D eigenvalue weighted by atomic mass is 9.71. The number of benzene rings is 1. The molecule has 3 heteroatoms. The molecule has 2 aromatic rings. The van der Waals surface area contributed by atoms with E-state index < -0.39 is 0 Å².